The van der Waals surface area contributed by atoms with E-state index in [0.29, 0.717) is 16.1 Å². The largest absolute Gasteiger partial charge is 0.326 e. The molecule has 2 rings (SSSR count). The van der Waals surface area contributed by atoms with Crippen LogP contribution in [0.15, 0.2) is 18.2 Å². The van der Waals surface area contributed by atoms with Crippen molar-refractivity contribution in [2.75, 3.05) is 0 Å². The molecule has 1 aliphatic carbocycles. The van der Waals surface area contributed by atoms with Crippen LogP contribution in [0.5, 0.6) is 0 Å². The Bertz CT molecular complexity index is 368. The molecular formula is C12H16Cl2N2. The van der Waals surface area contributed by atoms with E-state index in [4.69, 9.17) is 28.9 Å². The highest BCUT2D eigenvalue weighted by Crippen LogP contribution is 2.22. The first kappa shape index (κ1) is 12.2. The second-order valence-corrected chi connectivity index (χ2v) is 5.16. The molecule has 1 aliphatic rings. The Morgan fingerprint density at radius 1 is 1.31 bits per heavy atom. The third kappa shape index (κ3) is 2.89. The first-order valence-electron chi connectivity index (χ1n) is 5.59. The van der Waals surface area contributed by atoms with Crippen molar-refractivity contribution in [1.82, 2.24) is 5.32 Å². The van der Waals surface area contributed by atoms with E-state index in [1.165, 1.54) is 6.42 Å². The molecular weight excluding hydrogens is 243 g/mol. The van der Waals surface area contributed by atoms with E-state index in [2.05, 4.69) is 5.32 Å². The van der Waals surface area contributed by atoms with Crippen LogP contribution in [0.25, 0.3) is 0 Å². The summed E-state index contributed by atoms with van der Waals surface area (Å²) in [6.07, 6.45) is 3.49. The summed E-state index contributed by atoms with van der Waals surface area (Å²) in [6, 6.07) is 6.30. The van der Waals surface area contributed by atoms with Gasteiger partial charge in [-0.25, -0.2) is 0 Å². The van der Waals surface area contributed by atoms with Crippen LogP contribution in [0.2, 0.25) is 10.0 Å². The Morgan fingerprint density at radius 3 is 2.75 bits per heavy atom. The van der Waals surface area contributed by atoms with Crippen LogP contribution < -0.4 is 11.1 Å². The van der Waals surface area contributed by atoms with Gasteiger partial charge in [-0.2, -0.15) is 0 Å². The fourth-order valence-corrected chi connectivity index (χ4v) is 2.62. The lowest BCUT2D eigenvalue weighted by molar-refractivity contribution is 0.475. The molecule has 3 N–H and O–H groups in total. The molecule has 2 atom stereocenters. The second-order valence-electron chi connectivity index (χ2n) is 4.32. The molecule has 0 saturated heterocycles. The lowest BCUT2D eigenvalue weighted by atomic mass is 10.1. The minimum Gasteiger partial charge on any atom is -0.326 e. The van der Waals surface area contributed by atoms with Crippen molar-refractivity contribution in [1.29, 1.82) is 0 Å². The van der Waals surface area contributed by atoms with Crippen LogP contribution in [0.4, 0.5) is 0 Å². The Kier molecular flexibility index (Phi) is 4.09. The predicted molar refractivity (Wildman–Crippen MR) is 68.9 cm³/mol. The van der Waals surface area contributed by atoms with Gasteiger partial charge in [0.05, 0.1) is 0 Å². The van der Waals surface area contributed by atoms with Crippen molar-refractivity contribution in [2.24, 2.45) is 5.73 Å². The van der Waals surface area contributed by atoms with E-state index in [0.717, 1.165) is 24.9 Å². The fourth-order valence-electron chi connectivity index (χ4n) is 2.15. The van der Waals surface area contributed by atoms with Crippen molar-refractivity contribution in [3.63, 3.8) is 0 Å². The van der Waals surface area contributed by atoms with E-state index < -0.39 is 0 Å². The Hall–Kier alpha value is -0.280. The Morgan fingerprint density at radius 2 is 2.12 bits per heavy atom. The van der Waals surface area contributed by atoms with Crippen molar-refractivity contribution in [3.8, 4) is 0 Å². The van der Waals surface area contributed by atoms with E-state index in [1.54, 1.807) is 6.07 Å². The molecule has 16 heavy (non-hydrogen) atoms. The van der Waals surface area contributed by atoms with E-state index in [1.807, 2.05) is 12.1 Å². The van der Waals surface area contributed by atoms with Crippen molar-refractivity contribution >= 4 is 23.2 Å². The monoisotopic (exact) mass is 258 g/mol. The summed E-state index contributed by atoms with van der Waals surface area (Å²) in [5, 5.41) is 4.84. The molecule has 1 aromatic rings. The molecule has 88 valence electrons. The minimum atomic E-state index is 0.283. The highest BCUT2D eigenvalue weighted by atomic mass is 35.5. The van der Waals surface area contributed by atoms with Crippen molar-refractivity contribution in [3.05, 3.63) is 33.8 Å². The van der Waals surface area contributed by atoms with Crippen LogP contribution in [0, 0.1) is 0 Å². The predicted octanol–water partition coefficient (Wildman–Crippen LogP) is 2.96. The topological polar surface area (TPSA) is 38.0 Å². The van der Waals surface area contributed by atoms with Crippen LogP contribution >= 0.6 is 23.2 Å². The van der Waals surface area contributed by atoms with Crippen molar-refractivity contribution in [2.45, 2.75) is 37.9 Å². The second kappa shape index (κ2) is 5.37. The molecule has 2 unspecified atom stereocenters. The molecule has 0 aliphatic heterocycles. The van der Waals surface area contributed by atoms with Gasteiger partial charge in [0.2, 0.25) is 0 Å². The standard InChI is InChI=1S/C12H16Cl2N2/c13-9-5-4-8(10(14)6-9)7-16-12-3-1-2-11(12)15/h4-6,11-12,16H,1-3,7,15H2. The number of rotatable bonds is 3. The van der Waals surface area contributed by atoms with Gasteiger partial charge in [-0.3, -0.25) is 0 Å². The van der Waals surface area contributed by atoms with Gasteiger partial charge in [-0.1, -0.05) is 35.7 Å². The molecule has 2 nitrogen and oxygen atoms in total. The maximum Gasteiger partial charge on any atom is 0.0465 e. The number of nitrogens with two attached hydrogens (primary N) is 1. The lowest BCUT2D eigenvalue weighted by Crippen LogP contribution is -2.40. The molecule has 0 radical (unpaired) electrons. The molecule has 1 saturated carbocycles. The Labute approximate surface area is 106 Å². The number of benzene rings is 1. The maximum atomic E-state index is 6.10. The summed E-state index contributed by atoms with van der Waals surface area (Å²) >= 11 is 11.9. The lowest BCUT2D eigenvalue weighted by Gasteiger charge is -2.17. The first-order chi connectivity index (χ1) is 7.66. The van der Waals surface area contributed by atoms with Gasteiger partial charge in [0.15, 0.2) is 0 Å². The minimum absolute atomic E-state index is 0.283. The molecule has 4 heteroatoms. The summed E-state index contributed by atoms with van der Waals surface area (Å²) in [4.78, 5) is 0. The number of halogens is 2. The molecule has 0 bridgehead atoms. The van der Waals surface area contributed by atoms with E-state index >= 15 is 0 Å². The third-order valence-corrected chi connectivity index (χ3v) is 3.73. The zero-order valence-electron chi connectivity index (χ0n) is 9.05. The Balaban J connectivity index is 1.94. The number of hydrogen-bond donors (Lipinski definition) is 2. The van der Waals surface area contributed by atoms with Crippen LogP contribution in [-0.2, 0) is 6.54 Å². The third-order valence-electron chi connectivity index (χ3n) is 3.14. The normalized spacial score (nSPS) is 24.9. The van der Waals surface area contributed by atoms with E-state index in [9.17, 15) is 0 Å². The van der Waals surface area contributed by atoms with Gasteiger partial charge < -0.3 is 11.1 Å². The number of nitrogens with one attached hydrogen (secondary N) is 1. The van der Waals surface area contributed by atoms with Gasteiger partial charge >= 0.3 is 0 Å². The summed E-state index contributed by atoms with van der Waals surface area (Å²) in [5.41, 5.74) is 7.06. The molecule has 0 aromatic heterocycles. The molecule has 0 heterocycles. The average molecular weight is 259 g/mol. The highest BCUT2D eigenvalue weighted by molar-refractivity contribution is 6.35. The van der Waals surface area contributed by atoms with Gasteiger partial charge in [-0.15, -0.1) is 0 Å². The molecule has 1 fully saturated rings. The molecule has 1 aromatic carbocycles. The van der Waals surface area contributed by atoms with Crippen molar-refractivity contribution < 1.29 is 0 Å². The molecule has 0 spiro atoms. The smallest absolute Gasteiger partial charge is 0.0465 e. The van der Waals surface area contributed by atoms with Crippen LogP contribution in [0.3, 0.4) is 0 Å². The summed E-state index contributed by atoms with van der Waals surface area (Å²) in [6.45, 7) is 0.758. The summed E-state index contributed by atoms with van der Waals surface area (Å²) < 4.78 is 0. The van der Waals surface area contributed by atoms with Crippen LogP contribution in [0.1, 0.15) is 24.8 Å². The zero-order chi connectivity index (χ0) is 11.5. The fraction of sp³-hybridized carbons (Fsp3) is 0.500. The van der Waals surface area contributed by atoms with Crippen LogP contribution in [-0.4, -0.2) is 12.1 Å². The van der Waals surface area contributed by atoms with Gasteiger partial charge in [-0.05, 0) is 30.5 Å². The van der Waals surface area contributed by atoms with Gasteiger partial charge in [0.25, 0.3) is 0 Å². The average Bonchev–Trinajstić information content (AvgIpc) is 2.63. The zero-order valence-corrected chi connectivity index (χ0v) is 10.6. The number of hydrogen-bond acceptors (Lipinski definition) is 2. The van der Waals surface area contributed by atoms with Gasteiger partial charge in [0, 0.05) is 28.7 Å². The van der Waals surface area contributed by atoms with Gasteiger partial charge in [0.1, 0.15) is 0 Å². The molecule has 0 amide bonds. The first-order valence-corrected chi connectivity index (χ1v) is 6.35. The quantitative estimate of drug-likeness (QED) is 0.875. The highest BCUT2D eigenvalue weighted by Gasteiger charge is 2.23. The van der Waals surface area contributed by atoms with E-state index in [-0.39, 0.29) is 6.04 Å². The summed E-state index contributed by atoms with van der Waals surface area (Å²) in [7, 11) is 0. The maximum absolute atomic E-state index is 6.10. The summed E-state index contributed by atoms with van der Waals surface area (Å²) in [5.74, 6) is 0. The SMILES string of the molecule is NC1CCCC1NCc1ccc(Cl)cc1Cl.